The lowest BCUT2D eigenvalue weighted by atomic mass is 9.87. The summed E-state index contributed by atoms with van der Waals surface area (Å²) in [4.78, 5) is 108. The number of hydrogen-bond donors (Lipinski definition) is 5. The Morgan fingerprint density at radius 2 is 1.69 bits per heavy atom. The van der Waals surface area contributed by atoms with Crippen LogP contribution in [0, 0.1) is 11.3 Å². The fraction of sp³-hybridized carbons (Fsp3) is 0.531. The lowest BCUT2D eigenvalue weighted by molar-refractivity contribution is -0.347. The van der Waals surface area contributed by atoms with Crippen molar-refractivity contribution in [3.05, 3.63) is 48.5 Å². The number of rotatable bonds is 24. The van der Waals surface area contributed by atoms with Crippen molar-refractivity contribution >= 4 is 75.1 Å². The molecule has 62 heavy (non-hydrogen) atoms. The van der Waals surface area contributed by atoms with Gasteiger partial charge in [-0.1, -0.05) is 55.9 Å². The molecule has 0 aliphatic carbocycles. The maximum absolute atomic E-state index is 12.6. The van der Waals surface area contributed by atoms with Crippen LogP contribution in [0.15, 0.2) is 43.0 Å². The predicted octanol–water partition coefficient (Wildman–Crippen LogP) is -3.86. The first-order valence-electron chi connectivity index (χ1n) is 18.1. The zero-order valence-electron chi connectivity index (χ0n) is 32.6. The Morgan fingerprint density at radius 3 is 2.35 bits per heavy atom. The van der Waals surface area contributed by atoms with Crippen LogP contribution in [0.4, 0.5) is 5.82 Å². The van der Waals surface area contributed by atoms with Crippen LogP contribution in [-0.4, -0.2) is 109 Å². The first-order valence-corrected chi connectivity index (χ1v) is 23.5. The Bertz CT molecular complexity index is 2200. The number of hydrogen-bond acceptors (Lipinski definition) is 24. The van der Waals surface area contributed by atoms with Crippen molar-refractivity contribution in [3.63, 3.8) is 0 Å². The molecule has 6 N–H and O–H groups in total. The number of amides is 2. The molecule has 0 saturated carbocycles. The number of phosphoric acid groups is 3. The molecule has 1 aromatic carbocycles. The molecule has 30 heteroatoms. The van der Waals surface area contributed by atoms with Crippen LogP contribution >= 0.6 is 35.2 Å². The quantitative estimate of drug-likeness (QED) is 0.0424. The van der Waals surface area contributed by atoms with Gasteiger partial charge < -0.3 is 78.9 Å². The summed E-state index contributed by atoms with van der Waals surface area (Å²) in [7, 11) is -17.7. The smallest absolute Gasteiger partial charge is 0.274 e. The molecule has 2 unspecified atom stereocenters. The summed E-state index contributed by atoms with van der Waals surface area (Å²) in [6, 6.07) is 8.80. The number of fused-ring (bicyclic) bond motifs is 1. The van der Waals surface area contributed by atoms with E-state index in [9.17, 15) is 67.8 Å². The first-order chi connectivity index (χ1) is 28.9. The normalized spacial score (nSPS) is 21.1. The molecule has 2 aromatic heterocycles. The summed E-state index contributed by atoms with van der Waals surface area (Å²) < 4.78 is 60.6. The number of ether oxygens (including phenoxy) is 1. The number of anilines is 1. The number of carbonyl (C=O) groups excluding carboxylic acids is 4. The topological polar surface area (TPSA) is 415 Å². The van der Waals surface area contributed by atoms with Crippen LogP contribution < -0.4 is 41.0 Å². The number of imidazole rings is 1. The molecule has 344 valence electrons. The minimum Gasteiger partial charge on any atom is -0.790 e. The molecule has 0 spiro atoms. The lowest BCUT2D eigenvalue weighted by Gasteiger charge is -2.36. The molecular weight excluding hydrogens is 911 g/mol. The molecule has 0 bridgehead atoms. The number of thioether (sulfide) groups is 1. The summed E-state index contributed by atoms with van der Waals surface area (Å²) in [6.45, 7) is -0.269. The number of nitrogen functional groups attached to an aromatic ring is 1. The number of nitrogens with zero attached hydrogens (tertiary/aromatic N) is 4. The van der Waals surface area contributed by atoms with Crippen molar-refractivity contribution in [1.29, 1.82) is 0 Å². The Hall–Kier alpha value is -3.75. The van der Waals surface area contributed by atoms with E-state index in [1.165, 1.54) is 13.8 Å². The summed E-state index contributed by atoms with van der Waals surface area (Å²) in [5.74, 6) is -3.82. The number of carboxylic acid groups (broad SMARTS) is 1. The molecule has 1 fully saturated rings. The second-order valence-electron chi connectivity index (χ2n) is 14.1. The van der Waals surface area contributed by atoms with E-state index in [4.69, 9.17) is 10.5 Å². The van der Waals surface area contributed by atoms with E-state index < -0.39 is 108 Å². The highest BCUT2D eigenvalue weighted by Gasteiger charge is 2.47. The van der Waals surface area contributed by atoms with Crippen molar-refractivity contribution in [2.24, 2.45) is 11.3 Å². The molecule has 4 rings (SSSR count). The number of carboxylic acids is 1. The molecule has 3 heterocycles. The number of aliphatic hydroxyl groups is 2. The van der Waals surface area contributed by atoms with Gasteiger partial charge in [-0.2, -0.15) is 0 Å². The Morgan fingerprint density at radius 1 is 1.02 bits per heavy atom. The molecule has 8 atom stereocenters. The average molecular weight is 953 g/mol. The second kappa shape index (κ2) is 21.8. The highest BCUT2D eigenvalue weighted by molar-refractivity contribution is 8.13. The third-order valence-corrected chi connectivity index (χ3v) is 12.8. The zero-order valence-corrected chi connectivity index (χ0v) is 36.1. The van der Waals surface area contributed by atoms with Crippen molar-refractivity contribution in [2.75, 3.05) is 37.8 Å². The van der Waals surface area contributed by atoms with Crippen LogP contribution in [0.1, 0.15) is 38.5 Å². The molecule has 1 aliphatic rings. The van der Waals surface area contributed by atoms with Gasteiger partial charge >= 0.3 is 0 Å². The molecular formula is C32H41N7O19P3S-5. The van der Waals surface area contributed by atoms with Crippen LogP contribution in [0.5, 0.6) is 0 Å². The van der Waals surface area contributed by atoms with Crippen LogP contribution in [0.25, 0.3) is 11.2 Å². The van der Waals surface area contributed by atoms with Crippen molar-refractivity contribution in [3.8, 4) is 0 Å². The Balaban J connectivity index is 1.21. The van der Waals surface area contributed by atoms with E-state index in [-0.39, 0.29) is 48.7 Å². The largest absolute Gasteiger partial charge is 0.790 e. The Kier molecular flexibility index (Phi) is 17.9. The average Bonchev–Trinajstić information content (AvgIpc) is 3.74. The van der Waals surface area contributed by atoms with Crippen LogP contribution in [0.3, 0.4) is 0 Å². The lowest BCUT2D eigenvalue weighted by Crippen LogP contribution is -2.46. The van der Waals surface area contributed by atoms with Gasteiger partial charge in [0.2, 0.25) is 11.8 Å². The standard InChI is InChI=1S/C32H46N7O19P3S/c1-32(2,26(44)29(45)35-9-8-21(40)34-10-11-62-31(46)19(13-22(41)42)12-18-6-4-3-5-7-18)15-55-61(52,53)58-60(50,51)54-14-20-25(57-59(47,48)49)24(43)30(56-20)39-17-38-23-27(33)36-16-37-28(23)39/h3-7,16-17,19-20,24-26,30,43-44H,8-15H2,1-2H3,(H,34,40)(H,35,45)(H,41,42)(H,50,51)(H,52,53)(H2,33,36,37)(H2,47,48,49)/p-5/t19-,20+,24+,25+,26-,30+/m0/s1. The van der Waals surface area contributed by atoms with Gasteiger partial charge in [-0.05, 0) is 18.4 Å². The van der Waals surface area contributed by atoms with Gasteiger partial charge in [0, 0.05) is 42.6 Å². The zero-order chi connectivity index (χ0) is 46.0. The summed E-state index contributed by atoms with van der Waals surface area (Å²) >= 11 is 0.837. The van der Waals surface area contributed by atoms with Gasteiger partial charge in [0.05, 0.1) is 27.4 Å². The molecule has 0 radical (unpaired) electrons. The number of nitrogens with two attached hydrogens (primary N) is 1. The number of benzene rings is 1. The number of aliphatic hydroxyl groups excluding tert-OH is 2. The summed E-state index contributed by atoms with van der Waals surface area (Å²) in [6.07, 6.45) is -8.12. The number of aliphatic carboxylic acids is 1. The molecule has 1 aliphatic heterocycles. The van der Waals surface area contributed by atoms with Gasteiger partial charge in [0.25, 0.3) is 15.6 Å². The number of carbonyl (C=O) groups is 4. The van der Waals surface area contributed by atoms with E-state index in [0.717, 1.165) is 34.5 Å². The van der Waals surface area contributed by atoms with Crippen molar-refractivity contribution in [1.82, 2.24) is 30.2 Å². The molecule has 3 aromatic rings. The van der Waals surface area contributed by atoms with Crippen LogP contribution in [-0.2, 0) is 61.9 Å². The van der Waals surface area contributed by atoms with Crippen molar-refractivity contribution < 1.29 is 90.4 Å². The molecule has 2 amide bonds. The van der Waals surface area contributed by atoms with E-state index in [1.807, 2.05) is 0 Å². The van der Waals surface area contributed by atoms with E-state index in [2.05, 4.69) is 43.5 Å². The number of phosphoric ester groups is 3. The maximum atomic E-state index is 12.6. The fourth-order valence-corrected chi connectivity index (χ4v) is 9.26. The highest BCUT2D eigenvalue weighted by atomic mass is 32.2. The molecule has 26 nitrogen and oxygen atoms in total. The van der Waals surface area contributed by atoms with Gasteiger partial charge in [-0.15, -0.1) is 0 Å². The second-order valence-corrected chi connectivity index (χ2v) is 19.3. The monoisotopic (exact) mass is 952 g/mol. The van der Waals surface area contributed by atoms with Gasteiger partial charge in [-0.25, -0.2) is 19.3 Å². The summed E-state index contributed by atoms with van der Waals surface area (Å²) in [5.41, 5.74) is 4.76. The SMILES string of the molecule is CC(C)(COP(=O)([O-])OP(=O)([O-])OC[C@H]1O[C@@H](n2cnc3c(N)ncnc32)[C@H](O)[C@@H]1OP(=O)([O-])[O-])[C@@H](O)C(=O)NCCC(=O)NCCSC(=O)[C@H](CC(=O)[O-])Cc1ccccc1. The third kappa shape index (κ3) is 15.2. The minimum absolute atomic E-state index is 0.0213. The Labute approximate surface area is 356 Å². The van der Waals surface area contributed by atoms with Gasteiger partial charge in [0.1, 0.15) is 36.3 Å². The molecule has 1 saturated heterocycles. The van der Waals surface area contributed by atoms with E-state index in [1.54, 1.807) is 30.3 Å². The summed E-state index contributed by atoms with van der Waals surface area (Å²) in [5, 5.41) is 37.0. The van der Waals surface area contributed by atoms with E-state index >= 15 is 0 Å². The van der Waals surface area contributed by atoms with Crippen molar-refractivity contribution in [2.45, 2.75) is 63.8 Å². The first kappa shape index (κ1) is 50.9. The fourth-order valence-electron chi connectivity index (χ4n) is 5.72. The predicted molar refractivity (Wildman–Crippen MR) is 201 cm³/mol. The van der Waals surface area contributed by atoms with Gasteiger partial charge in [-0.3, -0.25) is 28.1 Å². The third-order valence-electron chi connectivity index (χ3n) is 8.79. The number of nitrogens with one attached hydrogen (secondary N) is 2. The maximum Gasteiger partial charge on any atom is 0.274 e. The number of aromatic nitrogens is 4. The highest BCUT2D eigenvalue weighted by Crippen LogP contribution is 2.56. The van der Waals surface area contributed by atoms with E-state index in [0.29, 0.717) is 0 Å². The minimum atomic E-state index is -5.95. The van der Waals surface area contributed by atoms with Crippen LogP contribution in [0.2, 0.25) is 0 Å². The van der Waals surface area contributed by atoms with Gasteiger partial charge in [0.15, 0.2) is 22.8 Å².